The van der Waals surface area contributed by atoms with Crippen molar-refractivity contribution >= 4 is 34.7 Å². The minimum Gasteiger partial charge on any atom is -0.395 e. The molecule has 7 heteroatoms. The Morgan fingerprint density at radius 2 is 2.33 bits per heavy atom. The van der Waals surface area contributed by atoms with Crippen LogP contribution in [0.5, 0.6) is 0 Å². The van der Waals surface area contributed by atoms with Gasteiger partial charge in [-0.05, 0) is 36.7 Å². The summed E-state index contributed by atoms with van der Waals surface area (Å²) in [6.07, 6.45) is 0.369. The summed E-state index contributed by atoms with van der Waals surface area (Å²) in [6.45, 7) is 1.71. The van der Waals surface area contributed by atoms with Crippen molar-refractivity contribution in [1.29, 1.82) is 0 Å². The summed E-state index contributed by atoms with van der Waals surface area (Å²) in [6, 6.07) is 5.05. The molecule has 0 saturated heterocycles. The zero-order valence-corrected chi connectivity index (χ0v) is 12.8. The van der Waals surface area contributed by atoms with Gasteiger partial charge in [-0.2, -0.15) is 0 Å². The highest BCUT2D eigenvalue weighted by molar-refractivity contribution is 7.08. The Hall–Kier alpha value is -1.94. The second-order valence-corrected chi connectivity index (χ2v) is 5.30. The molecule has 2 N–H and O–H groups in total. The molecule has 1 aromatic carbocycles. The van der Waals surface area contributed by atoms with Crippen LogP contribution in [0.3, 0.4) is 0 Å². The van der Waals surface area contributed by atoms with Crippen LogP contribution in [0.25, 0.3) is 0 Å². The number of carbonyl (C=O) groups excluding carboxylic acids is 1. The molecule has 1 aromatic heterocycles. The van der Waals surface area contributed by atoms with Crippen LogP contribution in [0.2, 0.25) is 5.02 Å². The molecule has 1 heterocycles. The number of aliphatic hydroxyl groups is 1. The molecule has 21 heavy (non-hydrogen) atoms. The average Bonchev–Trinajstić information content (AvgIpc) is 2.88. The van der Waals surface area contributed by atoms with Crippen LogP contribution in [-0.2, 0) is 0 Å². The van der Waals surface area contributed by atoms with Gasteiger partial charge in [-0.25, -0.2) is 0 Å². The summed E-state index contributed by atoms with van der Waals surface area (Å²) in [4.78, 5) is 12.6. The first-order chi connectivity index (χ1) is 10.1. The molecule has 2 aromatic rings. The standard InChI is InChI=1S/C14H12ClN3O2S/c1-9-13(21-18-17-9)14(20)16-12-8-11(15)6-5-10(12)4-2-3-7-19/h5-6,8,19H,3,7H2,1H3,(H,16,20). The fourth-order valence-corrected chi connectivity index (χ4v) is 2.29. The Labute approximate surface area is 131 Å². The van der Waals surface area contributed by atoms with Crippen molar-refractivity contribution in [2.24, 2.45) is 0 Å². The number of halogens is 1. The van der Waals surface area contributed by atoms with Crippen molar-refractivity contribution in [3.8, 4) is 11.8 Å². The fraction of sp³-hybridized carbons (Fsp3) is 0.214. The second kappa shape index (κ2) is 7.18. The minimum absolute atomic E-state index is 0.00594. The number of nitrogens with one attached hydrogen (secondary N) is 1. The van der Waals surface area contributed by atoms with E-state index in [0.717, 1.165) is 11.5 Å². The van der Waals surface area contributed by atoms with Crippen molar-refractivity contribution in [3.63, 3.8) is 0 Å². The summed E-state index contributed by atoms with van der Waals surface area (Å²) in [5, 5.41) is 15.8. The number of amides is 1. The second-order valence-electron chi connectivity index (χ2n) is 4.11. The molecule has 0 spiro atoms. The van der Waals surface area contributed by atoms with E-state index in [1.165, 1.54) is 0 Å². The number of carbonyl (C=O) groups is 1. The van der Waals surface area contributed by atoms with E-state index >= 15 is 0 Å². The molecule has 0 radical (unpaired) electrons. The number of nitrogens with zero attached hydrogens (tertiary/aromatic N) is 2. The molecule has 0 fully saturated rings. The van der Waals surface area contributed by atoms with Crippen molar-refractivity contribution in [3.05, 3.63) is 39.4 Å². The number of hydrogen-bond acceptors (Lipinski definition) is 5. The number of hydrogen-bond donors (Lipinski definition) is 2. The van der Waals surface area contributed by atoms with Crippen LogP contribution in [-0.4, -0.2) is 27.2 Å². The molecule has 0 unspecified atom stereocenters. The van der Waals surface area contributed by atoms with E-state index in [9.17, 15) is 4.79 Å². The van der Waals surface area contributed by atoms with Gasteiger partial charge in [-0.3, -0.25) is 4.79 Å². The zero-order valence-electron chi connectivity index (χ0n) is 11.2. The molecule has 2 rings (SSSR count). The van der Waals surface area contributed by atoms with Crippen LogP contribution in [0.15, 0.2) is 18.2 Å². The van der Waals surface area contributed by atoms with Crippen molar-refractivity contribution in [2.75, 3.05) is 11.9 Å². The Balaban J connectivity index is 2.27. The van der Waals surface area contributed by atoms with E-state index in [-0.39, 0.29) is 12.5 Å². The molecular formula is C14H12ClN3O2S. The van der Waals surface area contributed by atoms with Crippen molar-refractivity contribution in [1.82, 2.24) is 9.59 Å². The summed E-state index contributed by atoms with van der Waals surface area (Å²) in [5.74, 6) is 5.41. The summed E-state index contributed by atoms with van der Waals surface area (Å²) in [5.41, 5.74) is 1.73. The van der Waals surface area contributed by atoms with Crippen LogP contribution < -0.4 is 5.32 Å². The zero-order chi connectivity index (χ0) is 15.2. The average molecular weight is 322 g/mol. The molecule has 0 aliphatic heterocycles. The normalized spacial score (nSPS) is 9.86. The fourth-order valence-electron chi connectivity index (χ4n) is 1.56. The van der Waals surface area contributed by atoms with Gasteiger partial charge in [0, 0.05) is 17.0 Å². The number of rotatable bonds is 3. The maximum Gasteiger partial charge on any atom is 0.269 e. The maximum atomic E-state index is 12.2. The number of benzene rings is 1. The number of aliphatic hydroxyl groups excluding tert-OH is 1. The first-order valence-corrected chi connectivity index (χ1v) is 7.26. The lowest BCUT2D eigenvalue weighted by atomic mass is 10.1. The molecule has 0 bridgehead atoms. The third-order valence-electron chi connectivity index (χ3n) is 2.55. The Kier molecular flexibility index (Phi) is 5.28. The van der Waals surface area contributed by atoms with E-state index in [4.69, 9.17) is 16.7 Å². The third kappa shape index (κ3) is 4.02. The van der Waals surface area contributed by atoms with Crippen LogP contribution in [0.4, 0.5) is 5.69 Å². The lowest BCUT2D eigenvalue weighted by Crippen LogP contribution is -2.12. The van der Waals surface area contributed by atoms with Crippen molar-refractivity contribution in [2.45, 2.75) is 13.3 Å². The van der Waals surface area contributed by atoms with E-state index in [1.54, 1.807) is 25.1 Å². The monoisotopic (exact) mass is 321 g/mol. The first kappa shape index (κ1) is 15.4. The Bertz CT molecular complexity index is 718. The summed E-state index contributed by atoms with van der Waals surface area (Å²) >= 11 is 6.99. The Morgan fingerprint density at radius 1 is 1.52 bits per heavy atom. The van der Waals surface area contributed by atoms with Gasteiger partial charge in [-0.1, -0.05) is 27.9 Å². The first-order valence-electron chi connectivity index (χ1n) is 6.11. The lowest BCUT2D eigenvalue weighted by Gasteiger charge is -2.07. The van der Waals surface area contributed by atoms with Gasteiger partial charge in [0.25, 0.3) is 5.91 Å². The Morgan fingerprint density at radius 3 is 3.00 bits per heavy atom. The van der Waals surface area contributed by atoms with Crippen LogP contribution >= 0.6 is 23.1 Å². The topological polar surface area (TPSA) is 75.1 Å². The third-order valence-corrected chi connectivity index (χ3v) is 3.61. The van der Waals surface area contributed by atoms with Gasteiger partial charge < -0.3 is 10.4 Å². The summed E-state index contributed by atoms with van der Waals surface area (Å²) in [7, 11) is 0. The molecule has 5 nitrogen and oxygen atoms in total. The highest BCUT2D eigenvalue weighted by atomic mass is 35.5. The van der Waals surface area contributed by atoms with E-state index < -0.39 is 0 Å². The highest BCUT2D eigenvalue weighted by Crippen LogP contribution is 2.22. The molecule has 0 atom stereocenters. The number of aryl methyl sites for hydroxylation is 1. The van der Waals surface area contributed by atoms with E-state index in [2.05, 4.69) is 26.7 Å². The molecule has 0 aliphatic rings. The molecule has 0 saturated carbocycles. The maximum absolute atomic E-state index is 12.2. The van der Waals surface area contributed by atoms with Gasteiger partial charge in [0.15, 0.2) is 0 Å². The SMILES string of the molecule is Cc1nnsc1C(=O)Nc1cc(Cl)ccc1C#CCCO. The van der Waals surface area contributed by atoms with Crippen LogP contribution in [0.1, 0.15) is 27.3 Å². The smallest absolute Gasteiger partial charge is 0.269 e. The summed E-state index contributed by atoms with van der Waals surface area (Å²) < 4.78 is 3.73. The molecule has 108 valence electrons. The van der Waals surface area contributed by atoms with Gasteiger partial charge >= 0.3 is 0 Å². The van der Waals surface area contributed by atoms with Gasteiger partial charge in [0.05, 0.1) is 18.0 Å². The quantitative estimate of drug-likeness (QED) is 0.852. The minimum atomic E-state index is -0.296. The van der Waals surface area contributed by atoms with Crippen LogP contribution in [0, 0.1) is 18.8 Å². The van der Waals surface area contributed by atoms with E-state index in [0.29, 0.717) is 33.3 Å². The van der Waals surface area contributed by atoms with Gasteiger partial charge in [0.2, 0.25) is 0 Å². The number of aromatic nitrogens is 2. The predicted octanol–water partition coefficient (Wildman–Crippen LogP) is 2.49. The van der Waals surface area contributed by atoms with Gasteiger partial charge in [-0.15, -0.1) is 5.10 Å². The molecule has 0 aliphatic carbocycles. The van der Waals surface area contributed by atoms with E-state index in [1.807, 2.05) is 0 Å². The lowest BCUT2D eigenvalue weighted by molar-refractivity contribution is 0.103. The largest absolute Gasteiger partial charge is 0.395 e. The molecular weight excluding hydrogens is 310 g/mol. The predicted molar refractivity (Wildman–Crippen MR) is 82.6 cm³/mol. The van der Waals surface area contributed by atoms with Gasteiger partial charge in [0.1, 0.15) is 4.88 Å². The highest BCUT2D eigenvalue weighted by Gasteiger charge is 2.14. The number of anilines is 1. The molecule has 1 amide bonds. The van der Waals surface area contributed by atoms with Crippen molar-refractivity contribution < 1.29 is 9.90 Å².